The summed E-state index contributed by atoms with van der Waals surface area (Å²) in [5.74, 6) is 0.183. The predicted molar refractivity (Wildman–Crippen MR) is 93.4 cm³/mol. The summed E-state index contributed by atoms with van der Waals surface area (Å²) >= 11 is 0. The summed E-state index contributed by atoms with van der Waals surface area (Å²) in [6.07, 6.45) is 6.55. The number of benzene rings is 1. The lowest BCUT2D eigenvalue weighted by Crippen LogP contribution is -2.29. The maximum absolute atomic E-state index is 12.6. The number of fused-ring (bicyclic) bond motifs is 1. The van der Waals surface area contributed by atoms with Gasteiger partial charge in [-0.05, 0) is 48.8 Å². The number of amides is 1. The number of likely N-dealkylation sites (tertiary alicyclic amines) is 1. The van der Waals surface area contributed by atoms with Gasteiger partial charge < -0.3 is 10.0 Å². The van der Waals surface area contributed by atoms with E-state index in [2.05, 4.69) is 0 Å². The Morgan fingerprint density at radius 1 is 1.17 bits per heavy atom. The van der Waals surface area contributed by atoms with Crippen molar-refractivity contribution in [3.63, 3.8) is 0 Å². The predicted octanol–water partition coefficient (Wildman–Crippen LogP) is 3.50. The van der Waals surface area contributed by atoms with Gasteiger partial charge in [-0.25, -0.2) is 4.79 Å². The van der Waals surface area contributed by atoms with Crippen LogP contribution in [0.4, 0.5) is 0 Å². The molecule has 1 saturated heterocycles. The lowest BCUT2D eigenvalue weighted by atomic mass is 9.82. The van der Waals surface area contributed by atoms with Gasteiger partial charge in [0.1, 0.15) is 0 Å². The zero-order valence-electron chi connectivity index (χ0n) is 14.2. The van der Waals surface area contributed by atoms with E-state index in [1.807, 2.05) is 36.1 Å². The van der Waals surface area contributed by atoms with Gasteiger partial charge in [-0.3, -0.25) is 4.79 Å². The third-order valence-electron chi connectivity index (χ3n) is 5.46. The van der Waals surface area contributed by atoms with Crippen LogP contribution in [-0.4, -0.2) is 35.0 Å². The second kappa shape index (κ2) is 7.20. The maximum atomic E-state index is 12.6. The molecule has 1 heterocycles. The molecule has 1 aliphatic heterocycles. The number of carboxylic acids is 1. The van der Waals surface area contributed by atoms with Gasteiger partial charge in [-0.15, -0.1) is 0 Å². The Morgan fingerprint density at radius 3 is 2.38 bits per heavy atom. The summed E-state index contributed by atoms with van der Waals surface area (Å²) in [6.45, 7) is 3.56. The van der Waals surface area contributed by atoms with Crippen molar-refractivity contribution in [2.45, 2.75) is 39.0 Å². The number of carbonyl (C=O) groups is 2. The van der Waals surface area contributed by atoms with Crippen LogP contribution < -0.4 is 0 Å². The minimum Gasteiger partial charge on any atom is -0.478 e. The summed E-state index contributed by atoms with van der Waals surface area (Å²) in [5.41, 5.74) is 2.04. The van der Waals surface area contributed by atoms with Crippen molar-refractivity contribution in [3.8, 4) is 0 Å². The van der Waals surface area contributed by atoms with E-state index in [-0.39, 0.29) is 17.9 Å². The van der Waals surface area contributed by atoms with E-state index >= 15 is 0 Å². The molecule has 2 atom stereocenters. The van der Waals surface area contributed by atoms with Crippen molar-refractivity contribution >= 4 is 18.0 Å². The minimum absolute atomic E-state index is 0.0247. The van der Waals surface area contributed by atoms with Gasteiger partial charge in [0.25, 0.3) is 0 Å². The summed E-state index contributed by atoms with van der Waals surface area (Å²) in [4.78, 5) is 26.1. The zero-order valence-corrected chi connectivity index (χ0v) is 14.2. The highest BCUT2D eigenvalue weighted by atomic mass is 16.4. The molecule has 3 rings (SSSR count). The molecule has 1 N–H and O–H groups in total. The monoisotopic (exact) mass is 327 g/mol. The van der Waals surface area contributed by atoms with Crippen molar-refractivity contribution in [1.29, 1.82) is 0 Å². The Hall–Kier alpha value is -2.10. The summed E-state index contributed by atoms with van der Waals surface area (Å²) in [7, 11) is 0. The SMILES string of the molecule is Cc1ccccc1/C=C(\CC(=O)N1CC2CCCCC2C1)C(=O)O. The second-order valence-corrected chi connectivity index (χ2v) is 7.11. The van der Waals surface area contributed by atoms with Crippen LogP contribution in [0.5, 0.6) is 0 Å². The normalized spacial score (nSPS) is 23.9. The molecule has 1 aliphatic carbocycles. The molecular weight excluding hydrogens is 302 g/mol. The van der Waals surface area contributed by atoms with Gasteiger partial charge in [0.15, 0.2) is 0 Å². The molecule has 4 nitrogen and oxygen atoms in total. The molecule has 0 spiro atoms. The third-order valence-corrected chi connectivity index (χ3v) is 5.46. The van der Waals surface area contributed by atoms with E-state index in [0.29, 0.717) is 11.8 Å². The average molecular weight is 327 g/mol. The van der Waals surface area contributed by atoms with E-state index in [0.717, 1.165) is 24.2 Å². The van der Waals surface area contributed by atoms with Crippen molar-refractivity contribution in [2.75, 3.05) is 13.1 Å². The van der Waals surface area contributed by atoms with Gasteiger partial charge in [0, 0.05) is 18.7 Å². The topological polar surface area (TPSA) is 57.6 Å². The standard InChI is InChI=1S/C20H25NO3/c1-14-6-2-3-7-15(14)10-18(20(23)24)11-19(22)21-12-16-8-4-5-9-17(16)13-21/h2-3,6-7,10,16-17H,4-5,8-9,11-13H2,1H3,(H,23,24)/b18-10+. The number of aryl methyl sites for hydroxylation is 1. The van der Waals surface area contributed by atoms with Gasteiger partial charge >= 0.3 is 5.97 Å². The van der Waals surface area contributed by atoms with Crippen LogP contribution in [0.25, 0.3) is 6.08 Å². The van der Waals surface area contributed by atoms with E-state index in [1.165, 1.54) is 25.7 Å². The van der Waals surface area contributed by atoms with Crippen LogP contribution in [0.15, 0.2) is 29.8 Å². The molecule has 1 saturated carbocycles. The van der Waals surface area contributed by atoms with Crippen molar-refractivity contribution in [2.24, 2.45) is 11.8 Å². The Balaban J connectivity index is 1.71. The molecule has 2 fully saturated rings. The number of carbonyl (C=O) groups excluding carboxylic acids is 1. The molecule has 0 aromatic heterocycles. The first-order valence-electron chi connectivity index (χ1n) is 8.82. The first-order chi connectivity index (χ1) is 11.5. The fourth-order valence-electron chi connectivity index (χ4n) is 4.01. The quantitative estimate of drug-likeness (QED) is 0.861. The molecular formula is C20H25NO3. The van der Waals surface area contributed by atoms with E-state index in [4.69, 9.17) is 0 Å². The first-order valence-corrected chi connectivity index (χ1v) is 8.82. The highest BCUT2D eigenvalue weighted by Gasteiger charge is 2.36. The Bertz CT molecular complexity index is 651. The van der Waals surface area contributed by atoms with Crippen molar-refractivity contribution < 1.29 is 14.7 Å². The van der Waals surface area contributed by atoms with Gasteiger partial charge in [0.2, 0.25) is 5.91 Å². The first kappa shape index (κ1) is 16.7. The van der Waals surface area contributed by atoms with Crippen LogP contribution in [0.3, 0.4) is 0 Å². The summed E-state index contributed by atoms with van der Waals surface area (Å²) in [5, 5.41) is 9.48. The molecule has 0 bridgehead atoms. The molecule has 2 aliphatic rings. The van der Waals surface area contributed by atoms with Crippen LogP contribution in [-0.2, 0) is 9.59 Å². The van der Waals surface area contributed by atoms with Gasteiger partial charge in [-0.2, -0.15) is 0 Å². The van der Waals surface area contributed by atoms with E-state index < -0.39 is 5.97 Å². The fraction of sp³-hybridized carbons (Fsp3) is 0.500. The smallest absolute Gasteiger partial charge is 0.332 e. The number of nitrogens with zero attached hydrogens (tertiary/aromatic N) is 1. The van der Waals surface area contributed by atoms with Gasteiger partial charge in [-0.1, -0.05) is 37.1 Å². The Morgan fingerprint density at radius 2 is 1.79 bits per heavy atom. The van der Waals surface area contributed by atoms with Crippen LogP contribution in [0, 0.1) is 18.8 Å². The number of carboxylic acid groups (broad SMARTS) is 1. The van der Waals surface area contributed by atoms with E-state index in [1.54, 1.807) is 6.08 Å². The van der Waals surface area contributed by atoms with Crippen molar-refractivity contribution in [3.05, 3.63) is 41.0 Å². The molecule has 0 radical (unpaired) electrons. The van der Waals surface area contributed by atoms with Crippen LogP contribution >= 0.6 is 0 Å². The van der Waals surface area contributed by atoms with Crippen LogP contribution in [0.2, 0.25) is 0 Å². The molecule has 128 valence electrons. The molecule has 24 heavy (non-hydrogen) atoms. The Kier molecular flexibility index (Phi) is 5.03. The minimum atomic E-state index is -1.01. The summed E-state index contributed by atoms with van der Waals surface area (Å²) in [6, 6.07) is 7.63. The molecule has 1 aromatic rings. The zero-order chi connectivity index (χ0) is 17.1. The number of rotatable bonds is 4. The van der Waals surface area contributed by atoms with Crippen LogP contribution in [0.1, 0.15) is 43.2 Å². The highest BCUT2D eigenvalue weighted by molar-refractivity contribution is 5.98. The average Bonchev–Trinajstić information content (AvgIpc) is 3.00. The highest BCUT2D eigenvalue weighted by Crippen LogP contribution is 2.36. The van der Waals surface area contributed by atoms with Crippen molar-refractivity contribution in [1.82, 2.24) is 4.90 Å². The van der Waals surface area contributed by atoms with E-state index in [9.17, 15) is 14.7 Å². The maximum Gasteiger partial charge on any atom is 0.332 e. The molecule has 4 heteroatoms. The second-order valence-electron chi connectivity index (χ2n) is 7.11. The summed E-state index contributed by atoms with van der Waals surface area (Å²) < 4.78 is 0. The third kappa shape index (κ3) is 3.69. The molecule has 1 amide bonds. The Labute approximate surface area is 143 Å². The fourth-order valence-corrected chi connectivity index (χ4v) is 4.01. The molecule has 2 unspecified atom stereocenters. The lowest BCUT2D eigenvalue weighted by molar-refractivity contribution is -0.136. The lowest BCUT2D eigenvalue weighted by Gasteiger charge is -2.22. The largest absolute Gasteiger partial charge is 0.478 e. The number of hydrogen-bond acceptors (Lipinski definition) is 2. The number of aliphatic carboxylic acids is 1. The van der Waals surface area contributed by atoms with Gasteiger partial charge in [0.05, 0.1) is 6.42 Å². The number of hydrogen-bond donors (Lipinski definition) is 1. The molecule has 1 aromatic carbocycles.